The number of hydrogen-bond acceptors (Lipinski definition) is 3. The molecule has 2 aromatic rings. The van der Waals surface area contributed by atoms with E-state index in [1.807, 2.05) is 0 Å². The smallest absolute Gasteiger partial charge is 0.434 e. The number of carbonyl (C=O) groups is 2. The van der Waals surface area contributed by atoms with Gasteiger partial charge in [0.1, 0.15) is 0 Å². The van der Waals surface area contributed by atoms with Crippen molar-refractivity contribution < 1.29 is 27.9 Å². The Bertz CT molecular complexity index is 815. The van der Waals surface area contributed by atoms with Crippen molar-refractivity contribution in [3.05, 3.63) is 47.3 Å². The number of carbonyl (C=O) groups excluding carboxylic acids is 1. The van der Waals surface area contributed by atoms with E-state index >= 15 is 0 Å². The van der Waals surface area contributed by atoms with E-state index < -0.39 is 35.4 Å². The van der Waals surface area contributed by atoms with E-state index in [-0.39, 0.29) is 18.5 Å². The first-order valence-electron chi connectivity index (χ1n) is 7.84. The third-order valence-electron chi connectivity index (χ3n) is 3.70. The summed E-state index contributed by atoms with van der Waals surface area (Å²) in [5, 5.41) is 14.8. The van der Waals surface area contributed by atoms with Crippen LogP contribution < -0.4 is 5.32 Å². The number of carboxylic acids is 1. The van der Waals surface area contributed by atoms with Gasteiger partial charge in [-0.2, -0.15) is 18.3 Å². The molecule has 0 saturated carbocycles. The van der Waals surface area contributed by atoms with E-state index in [2.05, 4.69) is 10.4 Å². The molecule has 0 aliphatic carbocycles. The van der Waals surface area contributed by atoms with Gasteiger partial charge >= 0.3 is 12.1 Å². The van der Waals surface area contributed by atoms with Crippen LogP contribution in [0.25, 0.3) is 5.69 Å². The summed E-state index contributed by atoms with van der Waals surface area (Å²) >= 11 is 0. The summed E-state index contributed by atoms with van der Waals surface area (Å²) in [6.07, 6.45) is -4.02. The van der Waals surface area contributed by atoms with Crippen molar-refractivity contribution in [1.82, 2.24) is 15.1 Å². The SMILES string of the molecule is Cc1cccc(-n2ncc(C(=O)NC(C)CCC(=O)O)c2C(F)(F)F)c1. The van der Waals surface area contributed by atoms with Gasteiger partial charge in [0.25, 0.3) is 5.91 Å². The topological polar surface area (TPSA) is 84.2 Å². The van der Waals surface area contributed by atoms with Crippen molar-refractivity contribution in [2.24, 2.45) is 0 Å². The number of alkyl halides is 3. The van der Waals surface area contributed by atoms with Crippen LogP contribution in [0.5, 0.6) is 0 Å². The third kappa shape index (κ3) is 4.62. The number of carboxylic acid groups (broad SMARTS) is 1. The number of aryl methyl sites for hydroxylation is 1. The minimum atomic E-state index is -4.79. The van der Waals surface area contributed by atoms with Gasteiger partial charge in [0.2, 0.25) is 0 Å². The van der Waals surface area contributed by atoms with Crippen molar-refractivity contribution in [1.29, 1.82) is 0 Å². The van der Waals surface area contributed by atoms with Crippen molar-refractivity contribution >= 4 is 11.9 Å². The van der Waals surface area contributed by atoms with Gasteiger partial charge in [0.05, 0.1) is 17.4 Å². The summed E-state index contributed by atoms with van der Waals surface area (Å²) in [5.74, 6) is -2.00. The third-order valence-corrected chi connectivity index (χ3v) is 3.70. The minimum Gasteiger partial charge on any atom is -0.481 e. The first kappa shape index (κ1) is 19.5. The lowest BCUT2D eigenvalue weighted by atomic mass is 10.1. The molecule has 6 nitrogen and oxygen atoms in total. The Labute approximate surface area is 147 Å². The molecule has 1 atom stereocenters. The molecule has 1 amide bonds. The second-order valence-electron chi connectivity index (χ2n) is 5.96. The molecule has 0 saturated heterocycles. The summed E-state index contributed by atoms with van der Waals surface area (Å²) in [4.78, 5) is 22.8. The molecule has 1 unspecified atom stereocenters. The number of amides is 1. The van der Waals surface area contributed by atoms with Gasteiger partial charge in [0.15, 0.2) is 5.69 Å². The van der Waals surface area contributed by atoms with Gasteiger partial charge in [-0.15, -0.1) is 0 Å². The van der Waals surface area contributed by atoms with Gasteiger partial charge in [-0.3, -0.25) is 9.59 Å². The lowest BCUT2D eigenvalue weighted by Gasteiger charge is -2.15. The van der Waals surface area contributed by atoms with Crippen LogP contribution in [0.1, 0.15) is 41.4 Å². The number of hydrogen-bond donors (Lipinski definition) is 2. The van der Waals surface area contributed by atoms with Crippen LogP contribution in [-0.4, -0.2) is 32.8 Å². The van der Waals surface area contributed by atoms with Gasteiger partial charge < -0.3 is 10.4 Å². The molecular weight excluding hydrogens is 351 g/mol. The fraction of sp³-hybridized carbons (Fsp3) is 0.353. The molecule has 9 heteroatoms. The van der Waals surface area contributed by atoms with Gasteiger partial charge in [-0.05, 0) is 38.0 Å². The molecule has 0 fully saturated rings. The maximum atomic E-state index is 13.6. The molecule has 2 rings (SSSR count). The lowest BCUT2D eigenvalue weighted by Crippen LogP contribution is -2.34. The van der Waals surface area contributed by atoms with Gasteiger partial charge in [-0.1, -0.05) is 12.1 Å². The maximum absolute atomic E-state index is 13.6. The zero-order valence-corrected chi connectivity index (χ0v) is 14.2. The first-order valence-corrected chi connectivity index (χ1v) is 7.84. The second-order valence-corrected chi connectivity index (χ2v) is 5.96. The molecule has 140 valence electrons. The molecule has 1 aromatic carbocycles. The average Bonchev–Trinajstić information content (AvgIpc) is 2.98. The van der Waals surface area contributed by atoms with Gasteiger partial charge in [-0.25, -0.2) is 4.68 Å². The molecule has 0 aliphatic rings. The predicted octanol–water partition coefficient (Wildman–Crippen LogP) is 3.18. The van der Waals surface area contributed by atoms with Crippen LogP contribution in [0.3, 0.4) is 0 Å². The minimum absolute atomic E-state index is 0.106. The highest BCUT2D eigenvalue weighted by atomic mass is 19.4. The number of nitrogens with one attached hydrogen (secondary N) is 1. The quantitative estimate of drug-likeness (QED) is 0.819. The van der Waals surface area contributed by atoms with Crippen LogP contribution in [0.2, 0.25) is 0 Å². The van der Waals surface area contributed by atoms with Crippen LogP contribution in [-0.2, 0) is 11.0 Å². The largest absolute Gasteiger partial charge is 0.481 e. The van der Waals surface area contributed by atoms with Crippen molar-refractivity contribution in [3.63, 3.8) is 0 Å². The first-order chi connectivity index (χ1) is 12.1. The Hall–Kier alpha value is -2.84. The number of benzene rings is 1. The van der Waals surface area contributed by atoms with Crippen molar-refractivity contribution in [3.8, 4) is 5.69 Å². The molecule has 2 N–H and O–H groups in total. The zero-order valence-electron chi connectivity index (χ0n) is 14.2. The molecule has 1 aromatic heterocycles. The molecule has 1 heterocycles. The Balaban J connectivity index is 2.35. The average molecular weight is 369 g/mol. The van der Waals surface area contributed by atoms with E-state index in [1.54, 1.807) is 19.1 Å². The standard InChI is InChI=1S/C17H18F3N3O3/c1-10-4-3-5-12(8-10)23-15(17(18,19)20)13(9-21-23)16(26)22-11(2)6-7-14(24)25/h3-5,8-9,11H,6-7H2,1-2H3,(H,22,26)(H,24,25). The number of aliphatic carboxylic acids is 1. The van der Waals surface area contributed by atoms with E-state index in [0.717, 1.165) is 11.8 Å². The fourth-order valence-corrected chi connectivity index (χ4v) is 2.46. The number of aromatic nitrogens is 2. The number of halogens is 3. The van der Waals surface area contributed by atoms with Crippen LogP contribution >= 0.6 is 0 Å². The van der Waals surface area contributed by atoms with E-state index in [9.17, 15) is 22.8 Å². The summed E-state index contributed by atoms with van der Waals surface area (Å²) < 4.78 is 41.4. The molecule has 26 heavy (non-hydrogen) atoms. The number of rotatable bonds is 6. The van der Waals surface area contributed by atoms with Crippen LogP contribution in [0, 0.1) is 6.92 Å². The summed E-state index contributed by atoms with van der Waals surface area (Å²) in [6.45, 7) is 3.26. The highest BCUT2D eigenvalue weighted by molar-refractivity contribution is 5.95. The van der Waals surface area contributed by atoms with Crippen molar-refractivity contribution in [2.45, 2.75) is 38.9 Å². The van der Waals surface area contributed by atoms with E-state index in [1.165, 1.54) is 19.1 Å². The Morgan fingerprint density at radius 2 is 2.04 bits per heavy atom. The summed E-state index contributed by atoms with van der Waals surface area (Å²) in [6, 6.07) is 5.73. The highest BCUT2D eigenvalue weighted by Gasteiger charge is 2.40. The summed E-state index contributed by atoms with van der Waals surface area (Å²) in [7, 11) is 0. The Morgan fingerprint density at radius 3 is 2.62 bits per heavy atom. The maximum Gasteiger partial charge on any atom is 0.434 e. The highest BCUT2D eigenvalue weighted by Crippen LogP contribution is 2.33. The second kappa shape index (κ2) is 7.59. The molecular formula is C17H18F3N3O3. The molecule has 0 bridgehead atoms. The summed E-state index contributed by atoms with van der Waals surface area (Å²) in [5.41, 5.74) is -0.845. The number of nitrogens with zero attached hydrogens (tertiary/aromatic N) is 2. The van der Waals surface area contributed by atoms with E-state index in [4.69, 9.17) is 5.11 Å². The molecule has 0 aliphatic heterocycles. The van der Waals surface area contributed by atoms with E-state index in [0.29, 0.717) is 4.68 Å². The predicted molar refractivity (Wildman–Crippen MR) is 87.1 cm³/mol. The zero-order chi connectivity index (χ0) is 19.5. The normalized spacial score (nSPS) is 12.7. The molecule has 0 radical (unpaired) electrons. The lowest BCUT2D eigenvalue weighted by molar-refractivity contribution is -0.143. The monoisotopic (exact) mass is 369 g/mol. The van der Waals surface area contributed by atoms with Gasteiger partial charge in [0, 0.05) is 12.5 Å². The molecule has 0 spiro atoms. The Kier molecular flexibility index (Phi) is 5.69. The van der Waals surface area contributed by atoms with Crippen molar-refractivity contribution in [2.75, 3.05) is 0 Å². The van der Waals surface area contributed by atoms with Crippen LogP contribution in [0.4, 0.5) is 13.2 Å². The fourth-order valence-electron chi connectivity index (χ4n) is 2.46. The van der Waals surface area contributed by atoms with Crippen LogP contribution in [0.15, 0.2) is 30.5 Å². The Morgan fingerprint density at radius 1 is 1.35 bits per heavy atom.